The molecule has 7 aliphatic heterocycles. The molecule has 2 aliphatic carbocycles. The Hall–Kier alpha value is -13.1. The first-order valence-corrected chi connectivity index (χ1v) is 48.4. The smallest absolute Gasteiger partial charge is 0.252 e. The summed E-state index contributed by atoms with van der Waals surface area (Å²) in [6, 6.07) is 130. The fourth-order valence-electron chi connectivity index (χ4n) is 25.2. The summed E-state index contributed by atoms with van der Waals surface area (Å²) in [4.78, 5) is 10.8. The fraction of sp³-hybridized carbons (Fsp3) is 0.179. The average Bonchev–Trinajstić information content (AvgIpc) is 1.63. The molecule has 8 heterocycles. The van der Waals surface area contributed by atoms with Crippen molar-refractivity contribution in [2.75, 3.05) is 19.6 Å². The minimum Gasteiger partial charge on any atom is -0.312 e. The lowest BCUT2D eigenvalue weighted by atomic mass is 9.32. The molecule has 0 fully saturated rings. The topological polar surface area (TPSA) is 17.9 Å². The Bertz CT molecular complexity index is 7300. The first kappa shape index (κ1) is 73.4. The quantitative estimate of drug-likeness (QED) is 0.148. The van der Waals surface area contributed by atoms with Gasteiger partial charge in [0.05, 0.1) is 33.4 Å². The number of aryl methyl sites for hydroxylation is 1. The molecule has 1 aromatic heterocycles. The lowest BCUT2D eigenvalue weighted by molar-refractivity contribution is 0.481. The second kappa shape index (κ2) is 24.9. The van der Waals surface area contributed by atoms with Gasteiger partial charge in [-0.1, -0.05) is 332 Å². The van der Waals surface area contributed by atoms with Crippen LogP contribution in [0.5, 0.6) is 0 Å². The molecule has 9 aliphatic rings. The zero-order chi connectivity index (χ0) is 84.4. The van der Waals surface area contributed by atoms with E-state index >= 15 is 0 Å². The van der Waals surface area contributed by atoms with Crippen LogP contribution >= 0.6 is 0 Å². The van der Waals surface area contributed by atoms with E-state index in [-0.39, 0.29) is 35.1 Å². The van der Waals surface area contributed by atoms with Crippen LogP contribution in [0, 0.1) is 0 Å². The Labute approximate surface area is 736 Å². The van der Waals surface area contributed by atoms with Crippen molar-refractivity contribution in [2.24, 2.45) is 0 Å². The second-order valence-electron chi connectivity index (χ2n) is 41.5. The SMILES string of the molecule is CC(C)(C)c1ccc(N(c2ccc(C(C)(C)C)cc2)c2cc3c4c(c2)-n2c5ccc(C(C)(C)C)cc5c5cc(C(C)(C)CCc6cc7c8c(c6)N6c9ccccc9C9(c%10ccccc%10-c%10ccccc%109)c9cccc(c96)B8c6cccc8c6N7c6ccccc6C86c7ccccc7-c7ccccc76)cc(c52)B4c2cccc4c2N3c2ccccc2[Si]4(C)C)cc1. The second-order valence-corrected chi connectivity index (χ2v) is 45.8. The third-order valence-corrected chi connectivity index (χ3v) is 34.6. The van der Waals surface area contributed by atoms with E-state index in [2.05, 4.69) is 441 Å². The van der Waals surface area contributed by atoms with Crippen molar-refractivity contribution in [3.63, 3.8) is 0 Å². The van der Waals surface area contributed by atoms with E-state index in [1.807, 2.05) is 0 Å². The number of nitrogens with zero attached hydrogens (tertiary/aromatic N) is 5. The minimum atomic E-state index is -2.33. The molecule has 0 bridgehead atoms. The monoisotopic (exact) mass is 1620 g/mol. The molecule has 0 saturated carbocycles. The van der Waals surface area contributed by atoms with E-state index in [9.17, 15) is 0 Å². The molecule has 0 radical (unpaired) electrons. The van der Waals surface area contributed by atoms with E-state index in [1.165, 1.54) is 216 Å². The molecule has 125 heavy (non-hydrogen) atoms. The standard InChI is InChI=1S/C117H97B2N5Si/c1-112(2,3)71-51-56-75(57-52-71)120(76-58-53-72(54-59-76)113(4,5)6)77-68-102-107-103(69-77)124-99-48-26-27-49-104(99)125(12,13)105-50-30-45-94(111(105)124)119(107)95-67-74(66-83-82-65-73(114(7,8)9)55-60-96(82)121(102)108(83)95)115(10,11)62-61-70-63-100-106-101(64-70)123-98-47-25-23-40-89(98)117(86-37-20-16-33-80(86)81-34-17-21-38-87(81)117)91-42-29-44-93(110(91)123)118(106)92-43-28-41-90-109(92)122(100)97-46-24-22-39-88(97)116(90)84-35-18-14-31-78(84)79-32-15-19-36-85(79)116/h14-60,63-69H,61-62H2,1-13H3. The van der Waals surface area contributed by atoms with Crippen LogP contribution in [0.25, 0.3) is 49.7 Å². The van der Waals surface area contributed by atoms with Crippen LogP contribution in [-0.4, -0.2) is 26.1 Å². The Morgan fingerprint density at radius 2 is 0.696 bits per heavy atom. The highest BCUT2D eigenvalue weighted by Crippen LogP contribution is 2.67. The van der Waals surface area contributed by atoms with E-state index in [1.54, 1.807) is 0 Å². The number of benzene rings is 16. The summed E-state index contributed by atoms with van der Waals surface area (Å²) in [5.41, 5.74) is 47.9. The summed E-state index contributed by atoms with van der Waals surface area (Å²) in [6.45, 7) is 31.2. The van der Waals surface area contributed by atoms with E-state index in [4.69, 9.17) is 0 Å². The third-order valence-electron chi connectivity index (χ3n) is 31.1. The largest absolute Gasteiger partial charge is 0.312 e. The van der Waals surface area contributed by atoms with E-state index < -0.39 is 18.9 Å². The number of para-hydroxylation sites is 6. The molecule has 8 heteroatoms. The molecule has 16 aromatic carbocycles. The van der Waals surface area contributed by atoms with Gasteiger partial charge >= 0.3 is 0 Å². The van der Waals surface area contributed by atoms with Crippen molar-refractivity contribution in [3.05, 3.63) is 400 Å². The van der Waals surface area contributed by atoms with Crippen LogP contribution in [-0.2, 0) is 38.9 Å². The summed E-state index contributed by atoms with van der Waals surface area (Å²) in [5, 5.41) is 5.58. The van der Waals surface area contributed by atoms with Gasteiger partial charge in [0.25, 0.3) is 13.4 Å². The Morgan fingerprint density at radius 3 is 1.21 bits per heavy atom. The summed E-state index contributed by atoms with van der Waals surface area (Å²) < 4.78 is 2.73. The number of anilines is 12. The molecule has 600 valence electrons. The lowest BCUT2D eigenvalue weighted by Crippen LogP contribution is -2.67. The van der Waals surface area contributed by atoms with Gasteiger partial charge in [0.15, 0.2) is 0 Å². The Kier molecular flexibility index (Phi) is 14.6. The highest BCUT2D eigenvalue weighted by atomic mass is 28.3. The zero-order valence-electron chi connectivity index (χ0n) is 73.5. The number of aromatic nitrogens is 1. The molecule has 17 aromatic rings. The molecule has 0 amide bonds. The average molecular weight is 1620 g/mol. The lowest BCUT2D eigenvalue weighted by Gasteiger charge is -2.53. The van der Waals surface area contributed by atoms with Crippen molar-refractivity contribution < 1.29 is 0 Å². The molecule has 0 N–H and O–H groups in total. The normalized spacial score (nSPS) is 15.6. The third kappa shape index (κ3) is 9.45. The van der Waals surface area contributed by atoms with Crippen LogP contribution in [0.15, 0.2) is 328 Å². The summed E-state index contributed by atoms with van der Waals surface area (Å²) in [6.07, 6.45) is 1.72. The van der Waals surface area contributed by atoms with Crippen molar-refractivity contribution >= 4 is 155 Å². The van der Waals surface area contributed by atoms with Gasteiger partial charge in [0.2, 0.25) is 0 Å². The number of hydrogen-bond acceptors (Lipinski definition) is 4. The summed E-state index contributed by atoms with van der Waals surface area (Å²) in [7, 11) is -2.33. The Morgan fingerprint density at radius 1 is 0.304 bits per heavy atom. The van der Waals surface area contributed by atoms with Crippen molar-refractivity contribution in [1.29, 1.82) is 0 Å². The van der Waals surface area contributed by atoms with Crippen LogP contribution in [0.1, 0.15) is 155 Å². The van der Waals surface area contributed by atoms with Crippen LogP contribution in [0.4, 0.5) is 68.2 Å². The van der Waals surface area contributed by atoms with Crippen LogP contribution in [0.2, 0.25) is 13.1 Å². The highest BCUT2D eigenvalue weighted by molar-refractivity contribution is 7.06. The summed E-state index contributed by atoms with van der Waals surface area (Å²) in [5.74, 6) is 0. The molecule has 0 atom stereocenters. The van der Waals surface area contributed by atoms with E-state index in [0.29, 0.717) is 0 Å². The van der Waals surface area contributed by atoms with Gasteiger partial charge in [0, 0.05) is 73.2 Å². The van der Waals surface area contributed by atoms with Gasteiger partial charge in [0.1, 0.15) is 8.07 Å². The molecule has 5 nitrogen and oxygen atoms in total. The van der Waals surface area contributed by atoms with Crippen molar-refractivity contribution in [3.8, 4) is 27.9 Å². The Balaban J connectivity index is 0.698. The molecular weight excluding hydrogens is 1530 g/mol. The van der Waals surface area contributed by atoms with Gasteiger partial charge in [-0.2, -0.15) is 0 Å². The van der Waals surface area contributed by atoms with Crippen molar-refractivity contribution in [1.82, 2.24) is 4.57 Å². The van der Waals surface area contributed by atoms with Gasteiger partial charge < -0.3 is 24.2 Å². The maximum Gasteiger partial charge on any atom is 0.252 e. The van der Waals surface area contributed by atoms with Crippen molar-refractivity contribution in [2.45, 2.75) is 135 Å². The van der Waals surface area contributed by atoms with Gasteiger partial charge in [-0.15, -0.1) is 0 Å². The van der Waals surface area contributed by atoms with Gasteiger partial charge in [-0.3, -0.25) is 0 Å². The first-order valence-electron chi connectivity index (χ1n) is 45.4. The van der Waals surface area contributed by atoms with Gasteiger partial charge in [-0.25, -0.2) is 0 Å². The van der Waals surface area contributed by atoms with Crippen LogP contribution in [0.3, 0.4) is 0 Å². The highest BCUT2D eigenvalue weighted by Gasteiger charge is 2.59. The molecule has 2 spiro atoms. The number of rotatable bonds is 7. The van der Waals surface area contributed by atoms with E-state index in [0.717, 1.165) is 29.9 Å². The molecule has 0 unspecified atom stereocenters. The van der Waals surface area contributed by atoms with Crippen LogP contribution < -0.4 is 62.7 Å². The number of hydrogen-bond donors (Lipinski definition) is 0. The minimum absolute atomic E-state index is 0.0166. The fourth-order valence-corrected chi connectivity index (χ4v) is 28.2. The predicted octanol–water partition coefficient (Wildman–Crippen LogP) is 24.2. The van der Waals surface area contributed by atoms with Gasteiger partial charge in [-0.05, 0) is 257 Å². The maximum atomic E-state index is 2.76. The predicted molar refractivity (Wildman–Crippen MR) is 531 cm³/mol. The maximum absolute atomic E-state index is 2.76. The summed E-state index contributed by atoms with van der Waals surface area (Å²) >= 11 is 0. The molecule has 0 saturated heterocycles. The number of fused-ring (bicyclic) bond motifs is 31. The zero-order valence-corrected chi connectivity index (χ0v) is 74.5. The molecular formula is C117H97B2N5Si. The molecule has 26 rings (SSSR count). The first-order chi connectivity index (χ1) is 60.4.